The standard InChI is InChI=1S/C3H5NO4.2C3H6O2.Cu/c1-2(3(5)6)4(7)8;2*1-2-3(4)5;/h2H,1H3,(H,5,6);2*2H2,1H3,(H,4,5);/p-3. The van der Waals surface area contributed by atoms with E-state index in [1.807, 2.05) is 0 Å². The van der Waals surface area contributed by atoms with Crippen LogP contribution in [-0.4, -0.2) is 28.9 Å². The van der Waals surface area contributed by atoms with E-state index in [1.165, 1.54) is 13.8 Å². The number of rotatable bonds is 4. The zero-order chi connectivity index (χ0) is 15.3. The van der Waals surface area contributed by atoms with Gasteiger partial charge < -0.3 is 29.7 Å². The monoisotopic (exact) mass is 327 g/mol. The van der Waals surface area contributed by atoms with Gasteiger partial charge in [-0.15, -0.1) is 0 Å². The Morgan fingerprint density at radius 1 is 1.00 bits per heavy atom. The van der Waals surface area contributed by atoms with Crippen LogP contribution in [-0.2, 0) is 31.5 Å². The molecule has 1 atom stereocenters. The average molecular weight is 328 g/mol. The Kier molecular flexibility index (Phi) is 22.4. The molecule has 0 spiro atoms. The minimum absolute atomic E-state index is 0. The van der Waals surface area contributed by atoms with Crippen molar-refractivity contribution >= 4 is 17.9 Å². The Morgan fingerprint density at radius 2 is 1.21 bits per heavy atom. The van der Waals surface area contributed by atoms with Crippen LogP contribution in [0.3, 0.4) is 0 Å². The fraction of sp³-hybridized carbons (Fsp3) is 0.667. The maximum atomic E-state index is 9.59. The largest absolute Gasteiger partial charge is 0.550 e. The average Bonchev–Trinajstić information content (AvgIpc) is 2.29. The van der Waals surface area contributed by atoms with E-state index in [2.05, 4.69) is 0 Å². The zero-order valence-electron chi connectivity index (χ0n) is 10.5. The van der Waals surface area contributed by atoms with E-state index in [1.54, 1.807) is 0 Å². The summed E-state index contributed by atoms with van der Waals surface area (Å²) in [4.78, 5) is 36.7. The summed E-state index contributed by atoms with van der Waals surface area (Å²) >= 11 is 0. The number of aliphatic carboxylic acids is 3. The predicted octanol–water partition coefficient (Wildman–Crippen LogP) is -3.31. The normalized spacial score (nSPS) is 9.21. The van der Waals surface area contributed by atoms with Crippen LogP contribution >= 0.6 is 0 Å². The zero-order valence-corrected chi connectivity index (χ0v) is 11.4. The number of nitrogens with zero attached hydrogens (tertiary/aromatic N) is 1. The quantitative estimate of drug-likeness (QED) is 0.294. The van der Waals surface area contributed by atoms with Gasteiger partial charge in [-0.05, 0) is 12.8 Å². The molecular formula is C9H14CuNO8-3. The summed E-state index contributed by atoms with van der Waals surface area (Å²) in [6, 6.07) is -1.60. The van der Waals surface area contributed by atoms with Crippen molar-refractivity contribution in [1.82, 2.24) is 0 Å². The third-order valence-corrected chi connectivity index (χ3v) is 1.23. The second-order valence-electron chi connectivity index (χ2n) is 2.73. The van der Waals surface area contributed by atoms with E-state index >= 15 is 0 Å². The number of nitro groups is 1. The summed E-state index contributed by atoms with van der Waals surface area (Å²) < 4.78 is 0. The maximum absolute atomic E-state index is 9.59. The minimum Gasteiger partial charge on any atom is -0.550 e. The number of carboxylic acids is 3. The first-order chi connectivity index (χ1) is 8.09. The van der Waals surface area contributed by atoms with Crippen LogP contribution in [0.1, 0.15) is 33.6 Å². The van der Waals surface area contributed by atoms with E-state index in [9.17, 15) is 39.8 Å². The van der Waals surface area contributed by atoms with Gasteiger partial charge in [0.05, 0.1) is 0 Å². The van der Waals surface area contributed by atoms with Gasteiger partial charge >= 0.3 is 0 Å². The van der Waals surface area contributed by atoms with Crippen LogP contribution in [0.25, 0.3) is 0 Å². The predicted molar refractivity (Wildman–Crippen MR) is 52.1 cm³/mol. The Labute approximate surface area is 120 Å². The molecule has 0 aliphatic carbocycles. The van der Waals surface area contributed by atoms with E-state index in [4.69, 9.17) is 0 Å². The molecule has 117 valence electrons. The molecule has 0 aromatic heterocycles. The van der Waals surface area contributed by atoms with Crippen molar-refractivity contribution in [3.8, 4) is 0 Å². The molecule has 0 rings (SSSR count). The Balaban J connectivity index is -0.0000000906. The van der Waals surface area contributed by atoms with Gasteiger partial charge in [0.1, 0.15) is 5.97 Å². The molecular weight excluding hydrogens is 314 g/mol. The second-order valence-corrected chi connectivity index (χ2v) is 2.73. The van der Waals surface area contributed by atoms with Crippen LogP contribution in [0.4, 0.5) is 0 Å². The third-order valence-electron chi connectivity index (χ3n) is 1.23. The van der Waals surface area contributed by atoms with Crippen molar-refractivity contribution in [2.45, 2.75) is 39.7 Å². The minimum atomic E-state index is -1.66. The molecule has 0 N–H and O–H groups in total. The topological polar surface area (TPSA) is 164 Å². The van der Waals surface area contributed by atoms with Crippen LogP contribution in [0.15, 0.2) is 0 Å². The SMILES string of the molecule is CC(C(=O)[O-])[N+](=O)[O-].CCC(=O)[O-].CCC(=O)[O-].[Cu]. The summed E-state index contributed by atoms with van der Waals surface area (Å²) in [5.74, 6) is -3.65. The van der Waals surface area contributed by atoms with E-state index < -0.39 is 28.9 Å². The molecule has 0 aromatic carbocycles. The molecule has 1 radical (unpaired) electrons. The molecule has 19 heavy (non-hydrogen) atoms. The molecule has 0 aromatic rings. The van der Waals surface area contributed by atoms with Crippen LogP contribution in [0.5, 0.6) is 0 Å². The molecule has 0 heterocycles. The molecule has 0 saturated carbocycles. The molecule has 0 bridgehead atoms. The molecule has 1 unspecified atom stereocenters. The summed E-state index contributed by atoms with van der Waals surface area (Å²) in [6.45, 7) is 4.03. The van der Waals surface area contributed by atoms with Gasteiger partial charge in [0.25, 0.3) is 0 Å². The Bertz CT molecular complexity index is 266. The van der Waals surface area contributed by atoms with Crippen molar-refractivity contribution in [2.75, 3.05) is 0 Å². The van der Waals surface area contributed by atoms with Gasteiger partial charge in [-0.2, -0.15) is 0 Å². The van der Waals surface area contributed by atoms with Crippen molar-refractivity contribution in [2.24, 2.45) is 0 Å². The fourth-order valence-electron chi connectivity index (χ4n) is 0.0861. The van der Waals surface area contributed by atoms with Gasteiger partial charge in [0, 0.05) is 40.9 Å². The van der Waals surface area contributed by atoms with Crippen molar-refractivity contribution in [1.29, 1.82) is 0 Å². The van der Waals surface area contributed by atoms with Crippen molar-refractivity contribution in [3.63, 3.8) is 0 Å². The van der Waals surface area contributed by atoms with Gasteiger partial charge in [-0.3, -0.25) is 10.1 Å². The molecule has 0 aliphatic heterocycles. The summed E-state index contributed by atoms with van der Waals surface area (Å²) in [5.41, 5.74) is 0. The first kappa shape index (κ1) is 26.0. The summed E-state index contributed by atoms with van der Waals surface area (Å²) in [5, 5.41) is 37.6. The first-order valence-electron chi connectivity index (χ1n) is 4.84. The number of carboxylic acid groups (broad SMARTS) is 3. The van der Waals surface area contributed by atoms with E-state index in [-0.39, 0.29) is 29.9 Å². The fourth-order valence-corrected chi connectivity index (χ4v) is 0.0861. The smallest absolute Gasteiger partial charge is 0.249 e. The molecule has 9 nitrogen and oxygen atoms in total. The third kappa shape index (κ3) is 31.4. The number of hydrogen-bond donors (Lipinski definition) is 0. The molecule has 0 fully saturated rings. The van der Waals surface area contributed by atoms with Gasteiger partial charge in [0.2, 0.25) is 6.04 Å². The molecule has 0 amide bonds. The van der Waals surface area contributed by atoms with Crippen molar-refractivity contribution < 1.29 is 51.7 Å². The van der Waals surface area contributed by atoms with E-state index in [0.29, 0.717) is 0 Å². The molecule has 0 aliphatic rings. The molecule has 0 saturated heterocycles. The Morgan fingerprint density at radius 3 is 1.21 bits per heavy atom. The van der Waals surface area contributed by atoms with E-state index in [0.717, 1.165) is 6.92 Å². The first-order valence-corrected chi connectivity index (χ1v) is 4.84. The van der Waals surface area contributed by atoms with Gasteiger partial charge in [-0.1, -0.05) is 13.8 Å². The Hall–Kier alpha value is -1.67. The van der Waals surface area contributed by atoms with Gasteiger partial charge in [0.15, 0.2) is 0 Å². The van der Waals surface area contributed by atoms with Crippen LogP contribution < -0.4 is 15.3 Å². The number of carbonyl (C=O) groups excluding carboxylic acids is 3. The van der Waals surface area contributed by atoms with Crippen LogP contribution in [0, 0.1) is 10.1 Å². The second kappa shape index (κ2) is 16.3. The molecule has 10 heteroatoms. The van der Waals surface area contributed by atoms with Crippen molar-refractivity contribution in [3.05, 3.63) is 10.1 Å². The number of hydrogen-bond acceptors (Lipinski definition) is 8. The van der Waals surface area contributed by atoms with Crippen LogP contribution in [0.2, 0.25) is 0 Å². The summed E-state index contributed by atoms with van der Waals surface area (Å²) in [7, 11) is 0. The summed E-state index contributed by atoms with van der Waals surface area (Å²) in [6.07, 6.45) is 0.222. The van der Waals surface area contributed by atoms with Gasteiger partial charge in [-0.25, -0.2) is 0 Å². The maximum Gasteiger partial charge on any atom is 0.249 e. The number of carbonyl (C=O) groups is 3.